The van der Waals surface area contributed by atoms with E-state index in [0.717, 1.165) is 18.5 Å². The number of benzene rings is 1. The van der Waals surface area contributed by atoms with E-state index in [1.165, 1.54) is 43.4 Å². The highest BCUT2D eigenvalue weighted by atomic mass is 35.5. The van der Waals surface area contributed by atoms with Crippen molar-refractivity contribution in [3.63, 3.8) is 0 Å². The van der Waals surface area contributed by atoms with E-state index < -0.39 is 5.54 Å². The first-order chi connectivity index (χ1) is 13.4. The summed E-state index contributed by atoms with van der Waals surface area (Å²) in [7, 11) is 1.96. The van der Waals surface area contributed by atoms with Crippen LogP contribution in [-0.2, 0) is 11.2 Å². The zero-order valence-corrected chi connectivity index (χ0v) is 18.2. The summed E-state index contributed by atoms with van der Waals surface area (Å²) >= 11 is 5.93. The predicted octanol–water partition coefficient (Wildman–Crippen LogP) is 4.83. The van der Waals surface area contributed by atoms with Crippen molar-refractivity contribution in [1.82, 2.24) is 15.1 Å². The van der Waals surface area contributed by atoms with Crippen LogP contribution in [-0.4, -0.2) is 47.5 Å². The number of unbranched alkanes of at least 4 members (excludes halogenated alkanes) is 6. The molecule has 0 spiro atoms. The molecule has 0 aliphatic carbocycles. The third kappa shape index (κ3) is 6.49. The number of hydrogen-bond donors (Lipinski definition) is 1. The van der Waals surface area contributed by atoms with Crippen molar-refractivity contribution in [1.29, 1.82) is 0 Å². The van der Waals surface area contributed by atoms with Gasteiger partial charge in [-0.15, -0.1) is 0 Å². The number of amides is 3. The lowest BCUT2D eigenvalue weighted by molar-refractivity contribution is -0.132. The van der Waals surface area contributed by atoms with Gasteiger partial charge in [-0.1, -0.05) is 69.2 Å². The van der Waals surface area contributed by atoms with Crippen molar-refractivity contribution < 1.29 is 9.59 Å². The van der Waals surface area contributed by atoms with Gasteiger partial charge in [0.1, 0.15) is 5.54 Å². The molecule has 1 heterocycles. The van der Waals surface area contributed by atoms with E-state index in [9.17, 15) is 9.59 Å². The van der Waals surface area contributed by atoms with Gasteiger partial charge in [-0.05, 0) is 44.6 Å². The fourth-order valence-electron chi connectivity index (χ4n) is 3.66. The third-order valence-electron chi connectivity index (χ3n) is 5.34. The topological polar surface area (TPSA) is 52.6 Å². The normalized spacial score (nSPS) is 19.5. The Morgan fingerprint density at radius 3 is 2.29 bits per heavy atom. The molecule has 1 N–H and O–H groups in total. The Kier molecular flexibility index (Phi) is 8.77. The standard InChI is InChI=1S/C22H34ClN3O2/c1-4-5-6-7-8-9-10-15-25(3)17-26-20(27)22(2,24-21(26)28)16-18-11-13-19(23)14-12-18/h11-14H,4-10,15-17H2,1-3H3,(H,24,28). The largest absolute Gasteiger partial charge is 0.326 e. The first-order valence-corrected chi connectivity index (χ1v) is 10.8. The van der Waals surface area contributed by atoms with Crippen LogP contribution in [0.25, 0.3) is 0 Å². The number of halogens is 1. The molecule has 1 unspecified atom stereocenters. The Labute approximate surface area is 174 Å². The molecular formula is C22H34ClN3O2. The minimum atomic E-state index is -0.912. The van der Waals surface area contributed by atoms with Crippen LogP contribution in [0.2, 0.25) is 5.02 Å². The van der Waals surface area contributed by atoms with E-state index in [4.69, 9.17) is 11.6 Å². The fourth-order valence-corrected chi connectivity index (χ4v) is 3.78. The van der Waals surface area contributed by atoms with Crippen LogP contribution >= 0.6 is 11.6 Å². The van der Waals surface area contributed by atoms with Gasteiger partial charge in [-0.2, -0.15) is 0 Å². The SMILES string of the molecule is CCCCCCCCCN(C)CN1C(=O)NC(C)(Cc2ccc(Cl)cc2)C1=O. The molecule has 1 atom stereocenters. The lowest BCUT2D eigenvalue weighted by Crippen LogP contribution is -2.46. The highest BCUT2D eigenvalue weighted by molar-refractivity contribution is 6.30. The number of urea groups is 1. The minimum Gasteiger partial charge on any atom is -0.323 e. The zero-order valence-electron chi connectivity index (χ0n) is 17.5. The molecular weight excluding hydrogens is 374 g/mol. The maximum absolute atomic E-state index is 12.9. The first-order valence-electron chi connectivity index (χ1n) is 10.4. The van der Waals surface area contributed by atoms with Gasteiger partial charge in [0, 0.05) is 11.4 Å². The van der Waals surface area contributed by atoms with Crippen molar-refractivity contribution >= 4 is 23.5 Å². The fraction of sp³-hybridized carbons (Fsp3) is 0.636. The average molecular weight is 408 g/mol. The van der Waals surface area contributed by atoms with E-state index in [1.54, 1.807) is 19.1 Å². The molecule has 0 aromatic heterocycles. The van der Waals surface area contributed by atoms with E-state index >= 15 is 0 Å². The van der Waals surface area contributed by atoms with Crippen molar-refractivity contribution in [3.05, 3.63) is 34.9 Å². The van der Waals surface area contributed by atoms with E-state index in [2.05, 4.69) is 17.1 Å². The molecule has 0 saturated carbocycles. The Morgan fingerprint density at radius 1 is 1.04 bits per heavy atom. The minimum absolute atomic E-state index is 0.168. The number of hydrogen-bond acceptors (Lipinski definition) is 3. The Morgan fingerprint density at radius 2 is 1.64 bits per heavy atom. The lowest BCUT2D eigenvalue weighted by atomic mass is 9.93. The van der Waals surface area contributed by atoms with Gasteiger partial charge in [0.25, 0.3) is 5.91 Å². The molecule has 28 heavy (non-hydrogen) atoms. The summed E-state index contributed by atoms with van der Waals surface area (Å²) in [6.45, 7) is 5.23. The molecule has 1 fully saturated rings. The number of imide groups is 1. The summed E-state index contributed by atoms with van der Waals surface area (Å²) in [6, 6.07) is 7.07. The molecule has 0 radical (unpaired) electrons. The number of carbonyl (C=O) groups is 2. The smallest absolute Gasteiger partial charge is 0.323 e. The van der Waals surface area contributed by atoms with Crippen molar-refractivity contribution in [3.8, 4) is 0 Å². The second-order valence-electron chi connectivity index (χ2n) is 8.14. The van der Waals surface area contributed by atoms with Crippen LogP contribution < -0.4 is 5.32 Å². The summed E-state index contributed by atoms with van der Waals surface area (Å²) in [5.41, 5.74) is 0.0595. The molecule has 1 aliphatic heterocycles. The Balaban J connectivity index is 1.79. The first kappa shape index (κ1) is 22.7. The van der Waals surface area contributed by atoms with Crippen LogP contribution in [0.4, 0.5) is 4.79 Å². The summed E-state index contributed by atoms with van der Waals surface area (Å²) in [4.78, 5) is 28.7. The van der Waals surface area contributed by atoms with E-state index in [1.807, 2.05) is 19.2 Å². The molecule has 5 nitrogen and oxygen atoms in total. The third-order valence-corrected chi connectivity index (χ3v) is 5.59. The summed E-state index contributed by atoms with van der Waals surface area (Å²) in [6.07, 6.45) is 9.21. The Bertz CT molecular complexity index is 650. The average Bonchev–Trinajstić information content (AvgIpc) is 2.86. The van der Waals surface area contributed by atoms with Crippen LogP contribution in [0.15, 0.2) is 24.3 Å². The molecule has 2 rings (SSSR count). The number of nitrogens with one attached hydrogen (secondary N) is 1. The highest BCUT2D eigenvalue weighted by Crippen LogP contribution is 2.23. The van der Waals surface area contributed by atoms with Gasteiger partial charge < -0.3 is 5.32 Å². The summed E-state index contributed by atoms with van der Waals surface area (Å²) in [5, 5.41) is 3.53. The van der Waals surface area contributed by atoms with Gasteiger partial charge >= 0.3 is 6.03 Å². The maximum atomic E-state index is 12.9. The second-order valence-corrected chi connectivity index (χ2v) is 8.58. The summed E-state index contributed by atoms with van der Waals surface area (Å²) in [5.74, 6) is -0.168. The molecule has 6 heteroatoms. The van der Waals surface area contributed by atoms with E-state index in [-0.39, 0.29) is 11.9 Å². The lowest BCUT2D eigenvalue weighted by Gasteiger charge is -2.24. The van der Waals surface area contributed by atoms with Crippen LogP contribution in [0.5, 0.6) is 0 Å². The monoisotopic (exact) mass is 407 g/mol. The molecule has 1 aliphatic rings. The van der Waals surface area contributed by atoms with Gasteiger partial charge in [0.2, 0.25) is 0 Å². The number of nitrogens with zero attached hydrogens (tertiary/aromatic N) is 2. The van der Waals surface area contributed by atoms with Crippen LogP contribution in [0.3, 0.4) is 0 Å². The molecule has 3 amide bonds. The van der Waals surface area contributed by atoms with Gasteiger partial charge in [-0.25, -0.2) is 9.69 Å². The zero-order chi connectivity index (χ0) is 20.6. The van der Waals surface area contributed by atoms with Crippen LogP contribution in [0, 0.1) is 0 Å². The predicted molar refractivity (Wildman–Crippen MR) is 114 cm³/mol. The molecule has 1 aromatic rings. The van der Waals surface area contributed by atoms with Crippen molar-refractivity contribution in [2.24, 2.45) is 0 Å². The molecule has 156 valence electrons. The molecule has 0 bridgehead atoms. The highest BCUT2D eigenvalue weighted by Gasteiger charge is 2.47. The number of carbonyl (C=O) groups excluding carboxylic acids is 2. The van der Waals surface area contributed by atoms with Gasteiger partial charge in [-0.3, -0.25) is 9.69 Å². The molecule has 1 aromatic carbocycles. The van der Waals surface area contributed by atoms with Crippen molar-refractivity contribution in [2.45, 2.75) is 70.8 Å². The second kappa shape index (κ2) is 10.8. The molecule has 1 saturated heterocycles. The maximum Gasteiger partial charge on any atom is 0.326 e. The Hall–Kier alpha value is -1.59. The quantitative estimate of drug-likeness (QED) is 0.398. The number of rotatable bonds is 12. The van der Waals surface area contributed by atoms with E-state index in [0.29, 0.717) is 18.1 Å². The van der Waals surface area contributed by atoms with Gasteiger partial charge in [0.15, 0.2) is 0 Å². The van der Waals surface area contributed by atoms with Crippen LogP contribution in [0.1, 0.15) is 64.4 Å². The summed E-state index contributed by atoms with van der Waals surface area (Å²) < 4.78 is 0. The van der Waals surface area contributed by atoms with Gasteiger partial charge in [0.05, 0.1) is 6.67 Å². The van der Waals surface area contributed by atoms with Crippen molar-refractivity contribution in [2.75, 3.05) is 20.3 Å².